The number of benzene rings is 1. The van der Waals surface area contributed by atoms with Crippen LogP contribution in [0.15, 0.2) is 30.5 Å². The number of carboxylic acid groups (broad SMARTS) is 1. The first-order valence-electron chi connectivity index (χ1n) is 13.8. The van der Waals surface area contributed by atoms with Gasteiger partial charge in [-0.1, -0.05) is 23.7 Å². The predicted molar refractivity (Wildman–Crippen MR) is 146 cm³/mol. The molecule has 1 aromatic carbocycles. The lowest BCUT2D eigenvalue weighted by atomic mass is 9.84. The first-order valence-corrected chi connectivity index (χ1v) is 14.2. The molecule has 5 rings (SSSR count). The molecule has 2 aromatic rings. The maximum atomic E-state index is 12.9. The maximum absolute atomic E-state index is 12.9. The number of rotatable bonds is 13. The largest absolute Gasteiger partial charge is 0.514 e. The van der Waals surface area contributed by atoms with Gasteiger partial charge in [0.1, 0.15) is 24.9 Å². The molecule has 18 heteroatoms. The summed E-state index contributed by atoms with van der Waals surface area (Å²) in [4.78, 5) is 59.3. The number of carboxylic acids is 1. The number of nitrogens with zero attached hydrogens (tertiary/aromatic N) is 3. The molecule has 242 valence electrons. The van der Waals surface area contributed by atoms with Gasteiger partial charge in [0, 0.05) is 28.3 Å². The first-order chi connectivity index (χ1) is 21.5. The van der Waals surface area contributed by atoms with Crippen LogP contribution >= 0.6 is 11.6 Å². The molecule has 1 aromatic heterocycles. The first kappa shape index (κ1) is 32.1. The molecule has 1 N–H and O–H groups in total. The van der Waals surface area contributed by atoms with Crippen molar-refractivity contribution >= 4 is 23.7 Å². The fourth-order valence-electron chi connectivity index (χ4n) is 5.82. The Labute approximate surface area is 259 Å². The second kappa shape index (κ2) is 13.8. The van der Waals surface area contributed by atoms with E-state index in [9.17, 15) is 34.9 Å². The standard InChI is InChI=1S/C27H28ClN3O14/c1-13-22(20-11-39-23(18(20)8-29-13)14-2-4-15(28)5-3-14)44-27(34)43-21-12-41-24-19(10-40-25(21)24)17(26(32)33)7-6-16(45-31(37)38)9-42-30(35)36/h2-5,8,16-17,19,21,23-25H,6-7,9-12H2,1H3,(H,32,33)/t16-,17?,19-,21+,23+,24-,25+/m1/s1. The molecular weight excluding hydrogens is 626 g/mol. The van der Waals surface area contributed by atoms with E-state index in [2.05, 4.69) is 14.7 Å². The molecule has 1 unspecified atom stereocenters. The van der Waals surface area contributed by atoms with Crippen molar-refractivity contribution in [2.45, 2.75) is 56.9 Å². The van der Waals surface area contributed by atoms with E-state index in [1.807, 2.05) is 12.1 Å². The fourth-order valence-corrected chi connectivity index (χ4v) is 5.95. The highest BCUT2D eigenvalue weighted by Gasteiger charge is 2.53. The molecule has 2 fully saturated rings. The van der Waals surface area contributed by atoms with Gasteiger partial charge in [-0.05, 0) is 37.5 Å². The van der Waals surface area contributed by atoms with Gasteiger partial charge in [0.25, 0.3) is 10.2 Å². The third-order valence-corrected chi connectivity index (χ3v) is 8.16. The number of fused-ring (bicyclic) bond motifs is 2. The highest BCUT2D eigenvalue weighted by atomic mass is 35.5. The van der Waals surface area contributed by atoms with Crippen LogP contribution in [0.2, 0.25) is 5.02 Å². The molecule has 0 spiro atoms. The molecule has 17 nitrogen and oxygen atoms in total. The van der Waals surface area contributed by atoms with Gasteiger partial charge in [0.05, 0.1) is 37.5 Å². The van der Waals surface area contributed by atoms with Gasteiger partial charge in [-0.25, -0.2) is 4.79 Å². The third kappa shape index (κ3) is 7.33. The minimum absolute atomic E-state index is 0.0635. The number of aliphatic carboxylic acids is 1. The van der Waals surface area contributed by atoms with Crippen molar-refractivity contribution in [2.24, 2.45) is 11.8 Å². The zero-order valence-corrected chi connectivity index (χ0v) is 24.4. The Morgan fingerprint density at radius 1 is 1.09 bits per heavy atom. The number of halogens is 1. The lowest BCUT2D eigenvalue weighted by Gasteiger charge is -2.24. The van der Waals surface area contributed by atoms with Crippen molar-refractivity contribution in [3.8, 4) is 5.75 Å². The number of hydrogen-bond acceptors (Lipinski definition) is 14. The van der Waals surface area contributed by atoms with Crippen molar-refractivity contribution in [2.75, 3.05) is 19.8 Å². The van der Waals surface area contributed by atoms with E-state index in [0.717, 1.165) is 11.1 Å². The van der Waals surface area contributed by atoms with Gasteiger partial charge in [-0.2, -0.15) is 0 Å². The van der Waals surface area contributed by atoms with E-state index in [-0.39, 0.29) is 38.4 Å². The number of pyridine rings is 1. The maximum Gasteiger partial charge on any atom is 0.514 e. The van der Waals surface area contributed by atoms with Crippen LogP contribution in [0.1, 0.15) is 41.3 Å². The van der Waals surface area contributed by atoms with Crippen LogP contribution in [-0.4, -0.2) is 76.6 Å². The fraction of sp³-hybridized carbons (Fsp3) is 0.519. The molecule has 0 saturated carbocycles. The topological polar surface area (TPSA) is 218 Å². The Morgan fingerprint density at radius 3 is 2.51 bits per heavy atom. The number of carbonyl (C=O) groups excluding carboxylic acids is 1. The van der Waals surface area contributed by atoms with Crippen LogP contribution in [0.3, 0.4) is 0 Å². The zero-order chi connectivity index (χ0) is 32.2. The lowest BCUT2D eigenvalue weighted by molar-refractivity contribution is -0.790. The molecule has 0 bridgehead atoms. The van der Waals surface area contributed by atoms with E-state index in [0.29, 0.717) is 16.3 Å². The molecule has 45 heavy (non-hydrogen) atoms. The monoisotopic (exact) mass is 653 g/mol. The average Bonchev–Trinajstić information content (AvgIpc) is 3.70. The summed E-state index contributed by atoms with van der Waals surface area (Å²) in [7, 11) is 0. The summed E-state index contributed by atoms with van der Waals surface area (Å²) in [5.41, 5.74) is 2.66. The van der Waals surface area contributed by atoms with Crippen molar-refractivity contribution in [3.05, 3.63) is 78.1 Å². The smallest absolute Gasteiger partial charge is 0.481 e. The Hall–Kier alpha value is -4.32. The summed E-state index contributed by atoms with van der Waals surface area (Å²) in [5, 5.41) is 29.5. The second-order valence-corrected chi connectivity index (χ2v) is 11.0. The highest BCUT2D eigenvalue weighted by molar-refractivity contribution is 6.30. The van der Waals surface area contributed by atoms with E-state index < -0.39 is 71.3 Å². The summed E-state index contributed by atoms with van der Waals surface area (Å²) in [6.45, 7) is 0.929. The SMILES string of the molecule is Cc1ncc2c(c1OC(=O)O[C@H]1CO[C@H]3[C@H]1OC[C@@H]3C(CC[C@H](CO[N+](=O)[O-])O[N+](=O)[O-])C(=O)O)CO[C@H]2c1ccc(Cl)cc1. The molecule has 0 radical (unpaired) electrons. The number of aryl methyl sites for hydroxylation is 1. The van der Waals surface area contributed by atoms with Gasteiger partial charge in [-0.15, -0.1) is 20.2 Å². The van der Waals surface area contributed by atoms with E-state index in [1.54, 1.807) is 25.3 Å². The van der Waals surface area contributed by atoms with Crippen LogP contribution in [0.25, 0.3) is 0 Å². The molecule has 2 saturated heterocycles. The Morgan fingerprint density at radius 2 is 1.82 bits per heavy atom. The molecular formula is C27H28ClN3O14. The number of ether oxygens (including phenoxy) is 5. The molecule has 0 aliphatic carbocycles. The summed E-state index contributed by atoms with van der Waals surface area (Å²) in [6, 6.07) is 7.16. The van der Waals surface area contributed by atoms with Crippen LogP contribution < -0.4 is 4.74 Å². The summed E-state index contributed by atoms with van der Waals surface area (Å²) < 4.78 is 28.7. The van der Waals surface area contributed by atoms with Gasteiger partial charge in [0.15, 0.2) is 11.9 Å². The number of carbonyl (C=O) groups is 2. The molecule has 7 atom stereocenters. The summed E-state index contributed by atoms with van der Waals surface area (Å²) in [5.74, 6) is -2.86. The molecule has 4 heterocycles. The lowest BCUT2D eigenvalue weighted by Crippen LogP contribution is -2.37. The van der Waals surface area contributed by atoms with Crippen LogP contribution in [-0.2, 0) is 40.0 Å². The minimum Gasteiger partial charge on any atom is -0.481 e. The van der Waals surface area contributed by atoms with Crippen molar-refractivity contribution in [3.63, 3.8) is 0 Å². The normalized spacial score (nSPS) is 24.6. The highest BCUT2D eigenvalue weighted by Crippen LogP contribution is 2.42. The van der Waals surface area contributed by atoms with Crippen LogP contribution in [0, 0.1) is 39.0 Å². The summed E-state index contributed by atoms with van der Waals surface area (Å²) >= 11 is 6.01. The van der Waals surface area contributed by atoms with Crippen LogP contribution in [0.5, 0.6) is 5.75 Å². The van der Waals surface area contributed by atoms with E-state index in [4.69, 9.17) is 35.3 Å². The predicted octanol–water partition coefficient (Wildman–Crippen LogP) is 3.23. The second-order valence-electron chi connectivity index (χ2n) is 10.6. The van der Waals surface area contributed by atoms with E-state index in [1.165, 1.54) is 0 Å². The Balaban J connectivity index is 1.21. The van der Waals surface area contributed by atoms with Crippen molar-refractivity contribution in [1.29, 1.82) is 0 Å². The quantitative estimate of drug-likeness (QED) is 0.186. The molecule has 3 aliphatic heterocycles. The third-order valence-electron chi connectivity index (χ3n) is 7.91. The Kier molecular flexibility index (Phi) is 9.81. The zero-order valence-electron chi connectivity index (χ0n) is 23.6. The van der Waals surface area contributed by atoms with Gasteiger partial charge >= 0.3 is 12.1 Å². The number of aromatic nitrogens is 1. The molecule has 3 aliphatic rings. The van der Waals surface area contributed by atoms with Crippen LogP contribution in [0.4, 0.5) is 4.79 Å². The minimum atomic E-state index is -1.37. The van der Waals surface area contributed by atoms with Crippen molar-refractivity contribution < 1.29 is 58.2 Å². The number of hydrogen-bond donors (Lipinski definition) is 1. The van der Waals surface area contributed by atoms with Gasteiger partial charge in [0.2, 0.25) is 0 Å². The summed E-state index contributed by atoms with van der Waals surface area (Å²) in [6.07, 6.45) is -4.05. The Bertz CT molecular complexity index is 1440. The van der Waals surface area contributed by atoms with Gasteiger partial charge < -0.3 is 38.5 Å². The van der Waals surface area contributed by atoms with Gasteiger partial charge in [-0.3, -0.25) is 9.78 Å². The van der Waals surface area contributed by atoms with Crippen molar-refractivity contribution in [1.82, 2.24) is 4.98 Å². The molecule has 0 amide bonds. The average molecular weight is 654 g/mol. The van der Waals surface area contributed by atoms with E-state index >= 15 is 0 Å².